The summed E-state index contributed by atoms with van der Waals surface area (Å²) >= 11 is 0. The highest BCUT2D eigenvalue weighted by atomic mass is 16.5. The minimum atomic E-state index is -0.149. The molecule has 1 aliphatic rings. The van der Waals surface area contributed by atoms with E-state index in [0.29, 0.717) is 11.7 Å². The summed E-state index contributed by atoms with van der Waals surface area (Å²) in [7, 11) is 1.57. The van der Waals surface area contributed by atoms with Gasteiger partial charge < -0.3 is 15.2 Å². The third-order valence-electron chi connectivity index (χ3n) is 2.03. The van der Waals surface area contributed by atoms with Gasteiger partial charge in [0.15, 0.2) is 5.82 Å². The maximum Gasteiger partial charge on any atom is 0.221 e. The molecule has 2 rings (SSSR count). The van der Waals surface area contributed by atoms with Gasteiger partial charge in [-0.25, -0.2) is 4.98 Å². The number of nitrogens with zero attached hydrogens (tertiary/aromatic N) is 2. The first-order chi connectivity index (χ1) is 6.35. The minimum absolute atomic E-state index is 0.149. The summed E-state index contributed by atoms with van der Waals surface area (Å²) in [5, 5.41) is 12.0. The Morgan fingerprint density at radius 3 is 3.00 bits per heavy atom. The monoisotopic (exact) mass is 181 g/mol. The van der Waals surface area contributed by atoms with Gasteiger partial charge in [-0.2, -0.15) is 4.98 Å². The zero-order valence-corrected chi connectivity index (χ0v) is 7.37. The number of ether oxygens (including phenoxy) is 1. The van der Waals surface area contributed by atoms with Crippen LogP contribution in [0.25, 0.3) is 0 Å². The van der Waals surface area contributed by atoms with E-state index in [1.54, 1.807) is 7.11 Å². The number of rotatable bonds is 2. The van der Waals surface area contributed by atoms with Gasteiger partial charge in [0.1, 0.15) is 6.61 Å². The van der Waals surface area contributed by atoms with Crippen molar-refractivity contribution in [2.75, 3.05) is 7.11 Å². The molecule has 2 N–H and O–H groups in total. The highest BCUT2D eigenvalue weighted by molar-refractivity contribution is 5.33. The van der Waals surface area contributed by atoms with Gasteiger partial charge in [0.2, 0.25) is 5.88 Å². The van der Waals surface area contributed by atoms with Crippen LogP contribution in [0, 0.1) is 0 Å². The van der Waals surface area contributed by atoms with Crippen molar-refractivity contribution in [1.82, 2.24) is 15.3 Å². The molecular formula is C8H11N3O2. The maximum atomic E-state index is 8.89. The fraction of sp³-hybridized carbons (Fsp3) is 0.500. The second kappa shape index (κ2) is 3.27. The number of fused-ring (bicyclic) bond motifs is 1. The summed E-state index contributed by atoms with van der Waals surface area (Å²) in [6.07, 6.45) is 0. The third-order valence-corrected chi connectivity index (χ3v) is 2.03. The molecule has 0 amide bonds. The Bertz CT molecular complexity index is 327. The van der Waals surface area contributed by atoms with Gasteiger partial charge in [-0.15, -0.1) is 0 Å². The van der Waals surface area contributed by atoms with Crippen molar-refractivity contribution < 1.29 is 9.84 Å². The molecule has 0 saturated carbocycles. The quantitative estimate of drug-likeness (QED) is 0.648. The number of aliphatic hydroxyl groups is 1. The topological polar surface area (TPSA) is 67.3 Å². The molecule has 1 aromatic rings. The van der Waals surface area contributed by atoms with E-state index in [0.717, 1.165) is 24.3 Å². The molecule has 0 bridgehead atoms. The second-order valence-electron chi connectivity index (χ2n) is 2.84. The van der Waals surface area contributed by atoms with Crippen molar-refractivity contribution in [3.8, 4) is 5.88 Å². The first-order valence-electron chi connectivity index (χ1n) is 4.09. The summed E-state index contributed by atoms with van der Waals surface area (Å²) in [5.41, 5.74) is 1.93. The zero-order chi connectivity index (χ0) is 9.26. The fourth-order valence-electron chi connectivity index (χ4n) is 1.43. The molecule has 0 spiro atoms. The molecular weight excluding hydrogens is 170 g/mol. The van der Waals surface area contributed by atoms with Crippen molar-refractivity contribution in [2.45, 2.75) is 19.7 Å². The molecule has 1 aromatic heterocycles. The van der Waals surface area contributed by atoms with E-state index in [2.05, 4.69) is 15.3 Å². The summed E-state index contributed by atoms with van der Waals surface area (Å²) in [5.74, 6) is 0.985. The third kappa shape index (κ3) is 1.36. The summed E-state index contributed by atoms with van der Waals surface area (Å²) < 4.78 is 5.10. The predicted molar refractivity (Wildman–Crippen MR) is 45.1 cm³/mol. The van der Waals surface area contributed by atoms with Crippen LogP contribution in [0.5, 0.6) is 5.88 Å². The molecule has 0 unspecified atom stereocenters. The smallest absolute Gasteiger partial charge is 0.221 e. The van der Waals surface area contributed by atoms with Crippen molar-refractivity contribution in [3.05, 3.63) is 17.1 Å². The van der Waals surface area contributed by atoms with Crippen LogP contribution in [0.15, 0.2) is 0 Å². The molecule has 5 heteroatoms. The van der Waals surface area contributed by atoms with Gasteiger partial charge in [0.25, 0.3) is 0 Å². The summed E-state index contributed by atoms with van der Waals surface area (Å²) in [4.78, 5) is 8.23. The molecule has 13 heavy (non-hydrogen) atoms. The van der Waals surface area contributed by atoms with E-state index >= 15 is 0 Å². The number of aliphatic hydroxyl groups excluding tert-OH is 1. The number of nitrogens with one attached hydrogen (secondary N) is 1. The highest BCUT2D eigenvalue weighted by Crippen LogP contribution is 2.22. The Morgan fingerprint density at radius 1 is 1.46 bits per heavy atom. The number of hydrogen-bond donors (Lipinski definition) is 2. The molecule has 70 valence electrons. The maximum absolute atomic E-state index is 8.89. The summed E-state index contributed by atoms with van der Waals surface area (Å²) in [6, 6.07) is 0. The normalized spacial score (nSPS) is 14.3. The van der Waals surface area contributed by atoms with Gasteiger partial charge in [-0.05, 0) is 0 Å². The fourth-order valence-corrected chi connectivity index (χ4v) is 1.43. The molecule has 0 fully saturated rings. The van der Waals surface area contributed by atoms with E-state index in [1.165, 1.54) is 0 Å². The molecule has 1 aliphatic heterocycles. The molecule has 0 atom stereocenters. The Hall–Kier alpha value is -1.20. The van der Waals surface area contributed by atoms with Gasteiger partial charge in [0, 0.05) is 13.1 Å². The minimum Gasteiger partial charge on any atom is -0.481 e. The number of aromatic nitrogens is 2. The van der Waals surface area contributed by atoms with Gasteiger partial charge in [-0.1, -0.05) is 0 Å². The van der Waals surface area contributed by atoms with Crippen molar-refractivity contribution in [3.63, 3.8) is 0 Å². The summed E-state index contributed by atoms with van der Waals surface area (Å²) in [6.45, 7) is 1.31. The molecule has 0 aliphatic carbocycles. The van der Waals surface area contributed by atoms with E-state index in [9.17, 15) is 0 Å². The Labute approximate surface area is 75.8 Å². The number of methoxy groups -OCH3 is 1. The van der Waals surface area contributed by atoms with Crippen LogP contribution in [-0.2, 0) is 19.7 Å². The lowest BCUT2D eigenvalue weighted by Crippen LogP contribution is -2.03. The van der Waals surface area contributed by atoms with Crippen molar-refractivity contribution >= 4 is 0 Å². The lowest BCUT2D eigenvalue weighted by Gasteiger charge is -2.05. The zero-order valence-electron chi connectivity index (χ0n) is 7.37. The van der Waals surface area contributed by atoms with Crippen LogP contribution in [0.2, 0.25) is 0 Å². The van der Waals surface area contributed by atoms with Crippen molar-refractivity contribution in [1.29, 1.82) is 0 Å². The lowest BCUT2D eigenvalue weighted by atomic mass is 10.2. The molecule has 5 nitrogen and oxygen atoms in total. The van der Waals surface area contributed by atoms with Crippen LogP contribution >= 0.6 is 0 Å². The van der Waals surface area contributed by atoms with Crippen LogP contribution in [0.1, 0.15) is 17.1 Å². The molecule has 0 aromatic carbocycles. The Kier molecular flexibility index (Phi) is 2.12. The van der Waals surface area contributed by atoms with E-state index in [4.69, 9.17) is 9.84 Å². The first kappa shape index (κ1) is 8.40. The largest absolute Gasteiger partial charge is 0.481 e. The molecule has 2 heterocycles. The van der Waals surface area contributed by atoms with E-state index in [-0.39, 0.29) is 6.61 Å². The Morgan fingerprint density at radius 2 is 2.31 bits per heavy atom. The van der Waals surface area contributed by atoms with E-state index < -0.39 is 0 Å². The van der Waals surface area contributed by atoms with Crippen LogP contribution in [0.4, 0.5) is 0 Å². The second-order valence-corrected chi connectivity index (χ2v) is 2.84. The highest BCUT2D eigenvalue weighted by Gasteiger charge is 2.18. The van der Waals surface area contributed by atoms with Gasteiger partial charge in [-0.3, -0.25) is 0 Å². The number of hydrogen-bond acceptors (Lipinski definition) is 5. The average Bonchev–Trinajstić information content (AvgIpc) is 2.63. The van der Waals surface area contributed by atoms with Gasteiger partial charge in [0.05, 0.1) is 18.4 Å². The first-order valence-corrected chi connectivity index (χ1v) is 4.09. The average molecular weight is 181 g/mol. The molecule has 0 radical (unpaired) electrons. The van der Waals surface area contributed by atoms with Crippen LogP contribution in [0.3, 0.4) is 0 Å². The Balaban J connectivity index is 2.49. The van der Waals surface area contributed by atoms with Gasteiger partial charge >= 0.3 is 0 Å². The lowest BCUT2D eigenvalue weighted by molar-refractivity contribution is 0.267. The SMILES string of the molecule is COc1nc(CO)nc2c1CNC2. The molecule has 0 saturated heterocycles. The van der Waals surface area contributed by atoms with Crippen molar-refractivity contribution in [2.24, 2.45) is 0 Å². The predicted octanol–water partition coefficient (Wildman–Crippen LogP) is -0.419. The van der Waals surface area contributed by atoms with E-state index in [1.807, 2.05) is 0 Å². The standard InChI is InChI=1S/C8H11N3O2/c1-13-8-5-2-9-3-6(5)10-7(4-12)11-8/h9,12H,2-4H2,1H3. The van der Waals surface area contributed by atoms with Crippen LogP contribution < -0.4 is 10.1 Å². The van der Waals surface area contributed by atoms with Crippen LogP contribution in [-0.4, -0.2) is 22.2 Å².